The van der Waals surface area contributed by atoms with Crippen molar-refractivity contribution in [2.24, 2.45) is 0 Å². The monoisotopic (exact) mass is 248 g/mol. The van der Waals surface area contributed by atoms with Gasteiger partial charge < -0.3 is 13.9 Å². The summed E-state index contributed by atoms with van der Waals surface area (Å²) in [7, 11) is 1.50. The van der Waals surface area contributed by atoms with Crippen LogP contribution in [0.3, 0.4) is 0 Å². The first-order valence-electron chi connectivity index (χ1n) is 5.38. The van der Waals surface area contributed by atoms with Crippen LogP contribution in [-0.2, 0) is 4.74 Å². The molecular weight excluding hydrogens is 236 g/mol. The minimum absolute atomic E-state index is 0.0535. The van der Waals surface area contributed by atoms with Crippen molar-refractivity contribution < 1.29 is 18.7 Å². The lowest BCUT2D eigenvalue weighted by atomic mass is 10.3. The number of nitrogens with zero attached hydrogens (tertiary/aromatic N) is 2. The van der Waals surface area contributed by atoms with Crippen molar-refractivity contribution in [1.29, 1.82) is 0 Å². The molecule has 0 aliphatic heterocycles. The quantitative estimate of drug-likeness (QED) is 0.769. The second kappa shape index (κ2) is 5.31. The summed E-state index contributed by atoms with van der Waals surface area (Å²) in [5, 5.41) is 0. The third-order valence-corrected chi connectivity index (χ3v) is 2.18. The largest absolute Gasteiger partial charge is 0.480 e. The molecule has 18 heavy (non-hydrogen) atoms. The molecule has 0 spiro atoms. The maximum absolute atomic E-state index is 11.4. The summed E-state index contributed by atoms with van der Waals surface area (Å²) in [6.07, 6.45) is 2.91. The molecule has 0 atom stereocenters. The van der Waals surface area contributed by atoms with Gasteiger partial charge in [0.25, 0.3) is 0 Å². The van der Waals surface area contributed by atoms with E-state index in [2.05, 4.69) is 9.97 Å². The number of methoxy groups -OCH3 is 1. The SMILES string of the molecule is CCOC(=O)c1cnc(-c2cccnc2OC)o1. The van der Waals surface area contributed by atoms with Crippen molar-refractivity contribution in [2.75, 3.05) is 13.7 Å². The molecule has 6 heteroatoms. The third kappa shape index (κ3) is 2.32. The average Bonchev–Trinajstić information content (AvgIpc) is 2.88. The number of hydrogen-bond donors (Lipinski definition) is 0. The van der Waals surface area contributed by atoms with Crippen LogP contribution in [-0.4, -0.2) is 29.7 Å². The lowest BCUT2D eigenvalue weighted by molar-refractivity contribution is 0.0491. The van der Waals surface area contributed by atoms with E-state index in [-0.39, 0.29) is 18.3 Å². The molecule has 0 N–H and O–H groups in total. The van der Waals surface area contributed by atoms with E-state index in [0.29, 0.717) is 11.4 Å². The van der Waals surface area contributed by atoms with Gasteiger partial charge in [-0.3, -0.25) is 0 Å². The number of pyridine rings is 1. The molecule has 0 radical (unpaired) electrons. The molecule has 2 aromatic rings. The molecule has 0 aliphatic carbocycles. The van der Waals surface area contributed by atoms with Crippen molar-refractivity contribution in [2.45, 2.75) is 6.92 Å². The van der Waals surface area contributed by atoms with Gasteiger partial charge in [-0.05, 0) is 19.1 Å². The van der Waals surface area contributed by atoms with Crippen molar-refractivity contribution in [3.05, 3.63) is 30.3 Å². The fourth-order valence-corrected chi connectivity index (χ4v) is 1.41. The van der Waals surface area contributed by atoms with Crippen molar-refractivity contribution in [3.63, 3.8) is 0 Å². The number of hydrogen-bond acceptors (Lipinski definition) is 6. The second-order valence-corrected chi connectivity index (χ2v) is 3.31. The van der Waals surface area contributed by atoms with Crippen molar-refractivity contribution in [1.82, 2.24) is 9.97 Å². The van der Waals surface area contributed by atoms with Gasteiger partial charge in [0, 0.05) is 6.20 Å². The van der Waals surface area contributed by atoms with Gasteiger partial charge in [-0.1, -0.05) is 0 Å². The Morgan fingerprint density at radius 3 is 3.00 bits per heavy atom. The fourth-order valence-electron chi connectivity index (χ4n) is 1.41. The van der Waals surface area contributed by atoms with Crippen LogP contribution < -0.4 is 4.74 Å². The summed E-state index contributed by atoms with van der Waals surface area (Å²) in [4.78, 5) is 19.5. The van der Waals surface area contributed by atoms with Crippen LogP contribution in [0.15, 0.2) is 28.9 Å². The Hall–Kier alpha value is -2.37. The predicted octanol–water partition coefficient (Wildman–Crippen LogP) is 1.92. The highest BCUT2D eigenvalue weighted by Crippen LogP contribution is 2.26. The Labute approximate surface area is 104 Å². The predicted molar refractivity (Wildman–Crippen MR) is 62.2 cm³/mol. The molecule has 2 heterocycles. The Balaban J connectivity index is 2.32. The minimum atomic E-state index is -0.542. The lowest BCUT2D eigenvalue weighted by Crippen LogP contribution is -2.02. The molecular formula is C12H12N2O4. The smallest absolute Gasteiger partial charge is 0.375 e. The van der Waals surface area contributed by atoms with E-state index < -0.39 is 5.97 Å². The van der Waals surface area contributed by atoms with Crippen molar-refractivity contribution in [3.8, 4) is 17.3 Å². The van der Waals surface area contributed by atoms with Crippen LogP contribution in [0.25, 0.3) is 11.5 Å². The van der Waals surface area contributed by atoms with Crippen LogP contribution in [0.5, 0.6) is 5.88 Å². The van der Waals surface area contributed by atoms with Crippen LogP contribution in [0.4, 0.5) is 0 Å². The van der Waals surface area contributed by atoms with Crippen LogP contribution >= 0.6 is 0 Å². The van der Waals surface area contributed by atoms with Gasteiger partial charge >= 0.3 is 5.97 Å². The molecule has 0 unspecified atom stereocenters. The molecule has 0 saturated carbocycles. The minimum Gasteiger partial charge on any atom is -0.480 e. The zero-order valence-electron chi connectivity index (χ0n) is 10.0. The first kappa shape index (κ1) is 12.1. The first-order valence-corrected chi connectivity index (χ1v) is 5.38. The second-order valence-electron chi connectivity index (χ2n) is 3.31. The molecule has 0 aromatic carbocycles. The maximum atomic E-state index is 11.4. The number of esters is 1. The maximum Gasteiger partial charge on any atom is 0.375 e. The summed E-state index contributed by atoms with van der Waals surface area (Å²) < 4.78 is 15.2. The molecule has 6 nitrogen and oxygen atoms in total. The van der Waals surface area contributed by atoms with E-state index in [9.17, 15) is 4.79 Å². The van der Waals surface area contributed by atoms with E-state index in [1.807, 2.05) is 0 Å². The van der Waals surface area contributed by atoms with Crippen molar-refractivity contribution >= 4 is 5.97 Å². The summed E-state index contributed by atoms with van der Waals surface area (Å²) in [6.45, 7) is 2.00. The molecule has 0 fully saturated rings. The van der Waals surface area contributed by atoms with E-state index in [4.69, 9.17) is 13.9 Å². The molecule has 2 rings (SSSR count). The Kier molecular flexibility index (Phi) is 3.57. The highest BCUT2D eigenvalue weighted by molar-refractivity contribution is 5.86. The molecule has 94 valence electrons. The topological polar surface area (TPSA) is 74.5 Å². The first-order chi connectivity index (χ1) is 8.76. The summed E-state index contributed by atoms with van der Waals surface area (Å²) in [6, 6.07) is 3.47. The van der Waals surface area contributed by atoms with Gasteiger partial charge in [-0.25, -0.2) is 14.8 Å². The average molecular weight is 248 g/mol. The molecule has 2 aromatic heterocycles. The highest BCUT2D eigenvalue weighted by Gasteiger charge is 2.17. The molecule has 0 bridgehead atoms. The molecule has 0 saturated heterocycles. The number of rotatable bonds is 4. The molecule has 0 amide bonds. The van der Waals surface area contributed by atoms with Crippen LogP contribution in [0, 0.1) is 0 Å². The van der Waals surface area contributed by atoms with E-state index >= 15 is 0 Å². The summed E-state index contributed by atoms with van der Waals surface area (Å²) in [5.74, 6) is 0.162. The Bertz CT molecular complexity index is 551. The Morgan fingerprint density at radius 2 is 2.28 bits per heavy atom. The highest BCUT2D eigenvalue weighted by atomic mass is 16.5. The zero-order valence-corrected chi connectivity index (χ0v) is 10.0. The number of carbonyl (C=O) groups excluding carboxylic acids is 1. The van der Waals surface area contributed by atoms with Gasteiger partial charge in [0.05, 0.1) is 25.5 Å². The van der Waals surface area contributed by atoms with Crippen LogP contribution in [0.2, 0.25) is 0 Å². The van der Waals surface area contributed by atoms with Crippen LogP contribution in [0.1, 0.15) is 17.5 Å². The Morgan fingerprint density at radius 1 is 1.44 bits per heavy atom. The van der Waals surface area contributed by atoms with Gasteiger partial charge in [0.15, 0.2) is 0 Å². The number of oxazole rings is 1. The van der Waals surface area contributed by atoms with Gasteiger partial charge in [0.1, 0.15) is 0 Å². The van der Waals surface area contributed by atoms with Gasteiger partial charge in [0.2, 0.25) is 17.5 Å². The summed E-state index contributed by atoms with van der Waals surface area (Å²) >= 11 is 0. The zero-order chi connectivity index (χ0) is 13.0. The lowest BCUT2D eigenvalue weighted by Gasteiger charge is -2.02. The van der Waals surface area contributed by atoms with E-state index in [1.54, 1.807) is 25.3 Å². The standard InChI is InChI=1S/C12H12N2O4/c1-3-17-12(15)9-7-14-11(18-9)8-5-4-6-13-10(8)16-2/h4-7H,3H2,1-2H3. The number of ether oxygens (including phenoxy) is 2. The molecule has 0 aliphatic rings. The summed E-state index contributed by atoms with van der Waals surface area (Å²) in [5.41, 5.74) is 0.579. The normalized spacial score (nSPS) is 10.1. The fraction of sp³-hybridized carbons (Fsp3) is 0.250. The van der Waals surface area contributed by atoms with E-state index in [1.165, 1.54) is 13.3 Å². The number of carbonyl (C=O) groups is 1. The van der Waals surface area contributed by atoms with E-state index in [0.717, 1.165) is 0 Å². The third-order valence-electron chi connectivity index (χ3n) is 2.18. The number of aromatic nitrogens is 2. The van der Waals surface area contributed by atoms with Gasteiger partial charge in [-0.2, -0.15) is 0 Å². The van der Waals surface area contributed by atoms with Gasteiger partial charge in [-0.15, -0.1) is 0 Å².